The Labute approximate surface area is 130 Å². The first-order valence-electron chi connectivity index (χ1n) is 6.82. The fourth-order valence-electron chi connectivity index (χ4n) is 2.12. The fraction of sp³-hybridized carbons (Fsp3) is 0.375. The minimum atomic E-state index is 0.318. The van der Waals surface area contributed by atoms with E-state index in [1.165, 1.54) is 10.4 Å². The summed E-state index contributed by atoms with van der Waals surface area (Å²) in [7, 11) is 4.05. The van der Waals surface area contributed by atoms with E-state index in [4.69, 9.17) is 11.6 Å². The highest BCUT2D eigenvalue weighted by atomic mass is 35.5. The first kappa shape index (κ1) is 15.4. The molecule has 0 fully saturated rings. The molecule has 0 aliphatic rings. The van der Waals surface area contributed by atoms with E-state index in [0.717, 1.165) is 23.7 Å². The molecular formula is C16H21ClN2S. The van der Waals surface area contributed by atoms with Crippen LogP contribution in [0.3, 0.4) is 0 Å². The molecule has 0 amide bonds. The van der Waals surface area contributed by atoms with Crippen molar-refractivity contribution in [2.24, 2.45) is 0 Å². The number of halogens is 1. The number of hydrogen-bond acceptors (Lipinski definition) is 3. The maximum atomic E-state index is 6.42. The van der Waals surface area contributed by atoms with Crippen molar-refractivity contribution in [1.29, 1.82) is 0 Å². The van der Waals surface area contributed by atoms with Crippen LogP contribution in [0.2, 0.25) is 5.02 Å². The molecular weight excluding hydrogens is 288 g/mol. The quantitative estimate of drug-likeness (QED) is 0.853. The Morgan fingerprint density at radius 1 is 1.35 bits per heavy atom. The summed E-state index contributed by atoms with van der Waals surface area (Å²) < 4.78 is 0. The molecule has 0 spiro atoms. The van der Waals surface area contributed by atoms with Crippen molar-refractivity contribution >= 4 is 28.6 Å². The smallest absolute Gasteiger partial charge is 0.0642 e. The molecule has 20 heavy (non-hydrogen) atoms. The molecule has 1 unspecified atom stereocenters. The molecule has 2 nitrogen and oxygen atoms in total. The Morgan fingerprint density at radius 2 is 2.15 bits per heavy atom. The summed E-state index contributed by atoms with van der Waals surface area (Å²) in [4.78, 5) is 3.63. The summed E-state index contributed by atoms with van der Waals surface area (Å²) in [5, 5.41) is 6.17. The molecule has 1 aromatic carbocycles. The molecule has 1 atom stereocenters. The highest BCUT2D eigenvalue weighted by Gasteiger charge is 2.10. The van der Waals surface area contributed by atoms with Gasteiger partial charge in [0.1, 0.15) is 0 Å². The van der Waals surface area contributed by atoms with Gasteiger partial charge in [-0.2, -0.15) is 0 Å². The lowest BCUT2D eigenvalue weighted by molar-refractivity contribution is 0.652. The number of thiophene rings is 1. The second-order valence-electron chi connectivity index (χ2n) is 4.97. The van der Waals surface area contributed by atoms with Crippen LogP contribution in [0.15, 0.2) is 35.7 Å². The lowest BCUT2D eigenvalue weighted by Crippen LogP contribution is -2.20. The van der Waals surface area contributed by atoms with Gasteiger partial charge in [-0.1, -0.05) is 23.7 Å². The highest BCUT2D eigenvalue weighted by molar-refractivity contribution is 7.09. The van der Waals surface area contributed by atoms with Crippen molar-refractivity contribution in [3.63, 3.8) is 0 Å². The summed E-state index contributed by atoms with van der Waals surface area (Å²) in [6.45, 7) is 3.10. The maximum Gasteiger partial charge on any atom is 0.0642 e. The van der Waals surface area contributed by atoms with E-state index < -0.39 is 0 Å². The van der Waals surface area contributed by atoms with Crippen molar-refractivity contribution in [2.45, 2.75) is 19.4 Å². The monoisotopic (exact) mass is 308 g/mol. The van der Waals surface area contributed by atoms with Crippen LogP contribution in [0.5, 0.6) is 0 Å². The summed E-state index contributed by atoms with van der Waals surface area (Å²) in [6.07, 6.45) is 1.05. The zero-order chi connectivity index (χ0) is 14.5. The Kier molecular flexibility index (Phi) is 5.46. The Balaban J connectivity index is 2.04. The van der Waals surface area contributed by atoms with Gasteiger partial charge in [-0.15, -0.1) is 11.3 Å². The first-order valence-corrected chi connectivity index (χ1v) is 8.08. The van der Waals surface area contributed by atoms with E-state index in [9.17, 15) is 0 Å². The molecule has 1 aromatic heterocycles. The van der Waals surface area contributed by atoms with Crippen molar-refractivity contribution in [1.82, 2.24) is 5.32 Å². The third-order valence-electron chi connectivity index (χ3n) is 3.59. The molecule has 0 aliphatic heterocycles. The largest absolute Gasteiger partial charge is 0.373 e. The van der Waals surface area contributed by atoms with E-state index in [2.05, 4.69) is 59.9 Å². The van der Waals surface area contributed by atoms with E-state index >= 15 is 0 Å². The third kappa shape index (κ3) is 3.75. The molecule has 2 aromatic rings. The number of nitrogens with one attached hydrogen (secondary N) is 1. The minimum absolute atomic E-state index is 0.318. The van der Waals surface area contributed by atoms with Crippen LogP contribution in [0, 0.1) is 0 Å². The van der Waals surface area contributed by atoms with Gasteiger partial charge in [0.05, 0.1) is 10.7 Å². The molecule has 108 valence electrons. The first-order chi connectivity index (χ1) is 9.61. The van der Waals surface area contributed by atoms with Gasteiger partial charge >= 0.3 is 0 Å². The fourth-order valence-corrected chi connectivity index (χ4v) is 3.15. The average molecular weight is 309 g/mol. The SMILES string of the molecule is CNC(C)c1ccc(N(C)CCc2cccs2)c(Cl)c1. The second-order valence-corrected chi connectivity index (χ2v) is 6.41. The second kappa shape index (κ2) is 7.11. The Morgan fingerprint density at radius 3 is 2.75 bits per heavy atom. The van der Waals surface area contributed by atoms with Gasteiger partial charge in [0.25, 0.3) is 0 Å². The zero-order valence-electron chi connectivity index (χ0n) is 12.2. The van der Waals surface area contributed by atoms with Gasteiger partial charge in [0.2, 0.25) is 0 Å². The van der Waals surface area contributed by atoms with E-state index in [1.54, 1.807) is 11.3 Å². The molecule has 1 N–H and O–H groups in total. The lowest BCUT2D eigenvalue weighted by Gasteiger charge is -2.21. The number of likely N-dealkylation sites (N-methyl/N-ethyl adjacent to an activating group) is 1. The molecule has 0 saturated heterocycles. The van der Waals surface area contributed by atoms with Gasteiger partial charge in [-0.05, 0) is 49.5 Å². The predicted molar refractivity (Wildman–Crippen MR) is 90.2 cm³/mol. The minimum Gasteiger partial charge on any atom is -0.373 e. The van der Waals surface area contributed by atoms with Crippen molar-refractivity contribution in [3.8, 4) is 0 Å². The van der Waals surface area contributed by atoms with Crippen LogP contribution < -0.4 is 10.2 Å². The molecule has 0 saturated carbocycles. The number of nitrogens with zero attached hydrogens (tertiary/aromatic N) is 1. The van der Waals surface area contributed by atoms with Crippen LogP contribution in [0.1, 0.15) is 23.4 Å². The number of hydrogen-bond donors (Lipinski definition) is 1. The van der Waals surface area contributed by atoms with Gasteiger partial charge in [-0.25, -0.2) is 0 Å². The summed E-state index contributed by atoms with van der Waals surface area (Å²) >= 11 is 8.22. The van der Waals surface area contributed by atoms with E-state index in [1.807, 2.05) is 7.05 Å². The summed E-state index contributed by atoms with van der Waals surface area (Å²) in [5.41, 5.74) is 2.31. The predicted octanol–water partition coefficient (Wildman–Crippen LogP) is 4.36. The summed E-state index contributed by atoms with van der Waals surface area (Å²) in [6, 6.07) is 10.9. The van der Waals surface area contributed by atoms with Crippen molar-refractivity contribution in [2.75, 3.05) is 25.5 Å². The van der Waals surface area contributed by atoms with Gasteiger partial charge < -0.3 is 10.2 Å². The highest BCUT2D eigenvalue weighted by Crippen LogP contribution is 2.28. The molecule has 4 heteroatoms. The van der Waals surface area contributed by atoms with Crippen LogP contribution in [0.25, 0.3) is 0 Å². The van der Waals surface area contributed by atoms with Gasteiger partial charge in [0, 0.05) is 24.5 Å². The normalized spacial score (nSPS) is 12.4. The average Bonchev–Trinajstić information content (AvgIpc) is 2.97. The number of anilines is 1. The maximum absolute atomic E-state index is 6.42. The number of benzene rings is 1. The van der Waals surface area contributed by atoms with E-state index in [0.29, 0.717) is 6.04 Å². The molecule has 1 heterocycles. The van der Waals surface area contributed by atoms with Crippen molar-refractivity contribution < 1.29 is 0 Å². The Bertz CT molecular complexity index is 539. The van der Waals surface area contributed by atoms with Crippen LogP contribution in [-0.4, -0.2) is 20.6 Å². The standard InChI is InChI=1S/C16H21ClN2S/c1-12(18-2)13-6-7-16(15(17)11-13)19(3)9-8-14-5-4-10-20-14/h4-7,10-12,18H,8-9H2,1-3H3. The summed E-state index contributed by atoms with van der Waals surface area (Å²) in [5.74, 6) is 0. The molecule has 0 aliphatic carbocycles. The molecule has 2 rings (SSSR count). The Hall–Kier alpha value is -1.03. The third-order valence-corrected chi connectivity index (χ3v) is 4.83. The van der Waals surface area contributed by atoms with Gasteiger partial charge in [-0.3, -0.25) is 0 Å². The van der Waals surface area contributed by atoms with Crippen LogP contribution in [-0.2, 0) is 6.42 Å². The zero-order valence-corrected chi connectivity index (χ0v) is 13.8. The molecule has 0 radical (unpaired) electrons. The van der Waals surface area contributed by atoms with Gasteiger partial charge in [0.15, 0.2) is 0 Å². The topological polar surface area (TPSA) is 15.3 Å². The van der Waals surface area contributed by atoms with E-state index in [-0.39, 0.29) is 0 Å². The van der Waals surface area contributed by atoms with Crippen LogP contribution >= 0.6 is 22.9 Å². The van der Waals surface area contributed by atoms with Crippen LogP contribution in [0.4, 0.5) is 5.69 Å². The lowest BCUT2D eigenvalue weighted by atomic mass is 10.1. The number of rotatable bonds is 6. The van der Waals surface area contributed by atoms with Crippen molar-refractivity contribution in [3.05, 3.63) is 51.2 Å². The molecule has 0 bridgehead atoms.